The van der Waals surface area contributed by atoms with Crippen LogP contribution in [0.3, 0.4) is 0 Å². The summed E-state index contributed by atoms with van der Waals surface area (Å²) in [6.07, 6.45) is 3.41. The van der Waals surface area contributed by atoms with Crippen LogP contribution in [-0.4, -0.2) is 54.7 Å². The fourth-order valence-electron chi connectivity index (χ4n) is 2.42. The van der Waals surface area contributed by atoms with Crippen LogP contribution in [0.15, 0.2) is 35.2 Å². The molecular weight excluding hydrogens is 270 g/mol. The molecule has 0 bridgehead atoms. The summed E-state index contributed by atoms with van der Waals surface area (Å²) in [5, 5.41) is 8.74. The minimum Gasteiger partial charge on any atom is -0.396 e. The zero-order valence-electron chi connectivity index (χ0n) is 12.0. The predicted molar refractivity (Wildman–Crippen MR) is 84.3 cm³/mol. The molecule has 1 N–H and O–H groups in total. The minimum absolute atomic E-state index is 0.232. The van der Waals surface area contributed by atoms with Crippen molar-refractivity contribution in [3.8, 4) is 0 Å². The monoisotopic (exact) mass is 295 g/mol. The van der Waals surface area contributed by atoms with E-state index in [4.69, 9.17) is 9.84 Å². The molecule has 0 aliphatic carbocycles. The van der Waals surface area contributed by atoms with Crippen molar-refractivity contribution in [2.75, 3.05) is 38.6 Å². The van der Waals surface area contributed by atoms with Gasteiger partial charge in [0.25, 0.3) is 0 Å². The largest absolute Gasteiger partial charge is 0.396 e. The summed E-state index contributed by atoms with van der Waals surface area (Å²) in [6.45, 7) is 4.36. The number of aliphatic hydroxyl groups excluding tert-OH is 1. The number of hydrogen-bond donors (Lipinski definition) is 1. The van der Waals surface area contributed by atoms with Crippen LogP contribution in [0.25, 0.3) is 0 Å². The van der Waals surface area contributed by atoms with Crippen molar-refractivity contribution in [2.45, 2.75) is 30.3 Å². The molecule has 20 heavy (non-hydrogen) atoms. The second-order valence-electron chi connectivity index (χ2n) is 5.15. The molecule has 0 atom stereocenters. The third-order valence-corrected chi connectivity index (χ3v) is 4.60. The van der Waals surface area contributed by atoms with Gasteiger partial charge in [0.2, 0.25) is 0 Å². The molecule has 4 heteroatoms. The zero-order chi connectivity index (χ0) is 14.0. The molecule has 0 spiro atoms. The Balaban J connectivity index is 1.55. The van der Waals surface area contributed by atoms with Crippen LogP contribution in [-0.2, 0) is 4.74 Å². The van der Waals surface area contributed by atoms with Gasteiger partial charge in [0.05, 0.1) is 6.10 Å². The van der Waals surface area contributed by atoms with Gasteiger partial charge in [0.1, 0.15) is 0 Å². The molecule has 1 fully saturated rings. The second kappa shape index (κ2) is 9.40. The van der Waals surface area contributed by atoms with Gasteiger partial charge in [-0.2, -0.15) is 0 Å². The summed E-state index contributed by atoms with van der Waals surface area (Å²) in [5.41, 5.74) is 0. The lowest BCUT2D eigenvalue weighted by molar-refractivity contribution is 0.00349. The van der Waals surface area contributed by atoms with E-state index in [0.29, 0.717) is 12.7 Å². The van der Waals surface area contributed by atoms with Crippen LogP contribution in [0.2, 0.25) is 0 Å². The molecule has 1 heterocycles. The van der Waals surface area contributed by atoms with E-state index >= 15 is 0 Å². The summed E-state index contributed by atoms with van der Waals surface area (Å²) in [6, 6.07) is 10.6. The number of benzene rings is 1. The first kappa shape index (κ1) is 15.8. The van der Waals surface area contributed by atoms with E-state index in [2.05, 4.69) is 35.2 Å². The Morgan fingerprint density at radius 2 is 1.95 bits per heavy atom. The number of piperidine rings is 1. The van der Waals surface area contributed by atoms with E-state index < -0.39 is 0 Å². The summed E-state index contributed by atoms with van der Waals surface area (Å²) in [7, 11) is 0. The molecule has 0 aromatic heterocycles. The highest BCUT2D eigenvalue weighted by molar-refractivity contribution is 7.99. The van der Waals surface area contributed by atoms with Crippen LogP contribution < -0.4 is 0 Å². The Morgan fingerprint density at radius 3 is 2.65 bits per heavy atom. The summed E-state index contributed by atoms with van der Waals surface area (Å²) in [4.78, 5) is 3.89. The molecule has 2 rings (SSSR count). The van der Waals surface area contributed by atoms with Crippen molar-refractivity contribution >= 4 is 11.8 Å². The van der Waals surface area contributed by atoms with E-state index in [1.165, 1.54) is 4.90 Å². The fourth-order valence-corrected chi connectivity index (χ4v) is 3.36. The van der Waals surface area contributed by atoms with Gasteiger partial charge in [-0.15, -0.1) is 11.8 Å². The Hall–Kier alpha value is -0.550. The highest BCUT2D eigenvalue weighted by Crippen LogP contribution is 2.19. The van der Waals surface area contributed by atoms with Gasteiger partial charge >= 0.3 is 0 Å². The molecular formula is C16H25NO2S. The average Bonchev–Trinajstić information content (AvgIpc) is 2.50. The van der Waals surface area contributed by atoms with Crippen molar-refractivity contribution in [1.29, 1.82) is 0 Å². The molecule has 0 amide bonds. The second-order valence-corrected chi connectivity index (χ2v) is 6.32. The maximum Gasteiger partial charge on any atom is 0.0599 e. The van der Waals surface area contributed by atoms with Gasteiger partial charge in [-0.3, -0.25) is 0 Å². The molecule has 1 saturated heterocycles. The minimum atomic E-state index is 0.232. The molecule has 1 aliphatic heterocycles. The average molecular weight is 295 g/mol. The van der Waals surface area contributed by atoms with E-state index in [9.17, 15) is 0 Å². The van der Waals surface area contributed by atoms with Gasteiger partial charge in [-0.25, -0.2) is 0 Å². The zero-order valence-corrected chi connectivity index (χ0v) is 12.9. The Morgan fingerprint density at radius 1 is 1.20 bits per heavy atom. The standard InChI is InChI=1S/C16H25NO2S/c18-12-4-13-19-15-7-9-17(10-8-15)11-14-20-16-5-2-1-3-6-16/h1-3,5-6,15,18H,4,7-14H2. The topological polar surface area (TPSA) is 32.7 Å². The maximum atomic E-state index is 8.74. The third kappa shape index (κ3) is 5.83. The molecule has 112 valence electrons. The normalized spacial score (nSPS) is 17.4. The Kier molecular flexibility index (Phi) is 7.44. The summed E-state index contributed by atoms with van der Waals surface area (Å²) < 4.78 is 5.75. The van der Waals surface area contributed by atoms with E-state index in [1.807, 2.05) is 11.8 Å². The third-order valence-electron chi connectivity index (χ3n) is 3.61. The number of likely N-dealkylation sites (tertiary alicyclic amines) is 1. The first-order valence-corrected chi connectivity index (χ1v) is 8.49. The lowest BCUT2D eigenvalue weighted by Gasteiger charge is -2.31. The lowest BCUT2D eigenvalue weighted by Crippen LogP contribution is -2.38. The number of thioether (sulfide) groups is 1. The quantitative estimate of drug-likeness (QED) is 0.590. The van der Waals surface area contributed by atoms with Crippen LogP contribution in [0.1, 0.15) is 19.3 Å². The maximum absolute atomic E-state index is 8.74. The first-order valence-electron chi connectivity index (χ1n) is 7.51. The van der Waals surface area contributed by atoms with Crippen molar-refractivity contribution in [3.05, 3.63) is 30.3 Å². The molecule has 0 unspecified atom stereocenters. The van der Waals surface area contributed by atoms with Gasteiger partial charge in [-0.1, -0.05) is 18.2 Å². The number of rotatable bonds is 8. The van der Waals surface area contributed by atoms with Crippen LogP contribution in [0, 0.1) is 0 Å². The Bertz CT molecular complexity index is 353. The number of ether oxygens (including phenoxy) is 1. The molecule has 1 aliphatic rings. The summed E-state index contributed by atoms with van der Waals surface area (Å²) in [5.74, 6) is 1.15. The summed E-state index contributed by atoms with van der Waals surface area (Å²) >= 11 is 1.93. The first-order chi connectivity index (χ1) is 9.88. The lowest BCUT2D eigenvalue weighted by atomic mass is 10.1. The van der Waals surface area contributed by atoms with Crippen molar-refractivity contribution in [1.82, 2.24) is 4.90 Å². The molecule has 3 nitrogen and oxygen atoms in total. The van der Waals surface area contributed by atoms with Gasteiger partial charge in [-0.05, 0) is 31.4 Å². The van der Waals surface area contributed by atoms with Gasteiger partial charge < -0.3 is 14.7 Å². The highest BCUT2D eigenvalue weighted by Gasteiger charge is 2.18. The van der Waals surface area contributed by atoms with Crippen LogP contribution >= 0.6 is 11.8 Å². The van der Waals surface area contributed by atoms with E-state index in [0.717, 1.165) is 44.6 Å². The highest BCUT2D eigenvalue weighted by atomic mass is 32.2. The number of aliphatic hydroxyl groups is 1. The molecule has 0 saturated carbocycles. The van der Waals surface area contributed by atoms with Crippen LogP contribution in [0.4, 0.5) is 0 Å². The van der Waals surface area contributed by atoms with Crippen molar-refractivity contribution in [3.63, 3.8) is 0 Å². The smallest absolute Gasteiger partial charge is 0.0599 e. The SMILES string of the molecule is OCCCOC1CCN(CCSc2ccccc2)CC1. The van der Waals surface area contributed by atoms with Crippen molar-refractivity contribution in [2.24, 2.45) is 0 Å². The number of nitrogens with zero attached hydrogens (tertiary/aromatic N) is 1. The predicted octanol–water partition coefficient (Wildman–Crippen LogP) is 2.64. The van der Waals surface area contributed by atoms with E-state index in [-0.39, 0.29) is 6.61 Å². The molecule has 1 aromatic rings. The fraction of sp³-hybridized carbons (Fsp3) is 0.625. The van der Waals surface area contributed by atoms with Gasteiger partial charge in [0.15, 0.2) is 0 Å². The van der Waals surface area contributed by atoms with E-state index in [1.54, 1.807) is 0 Å². The molecule has 1 aromatic carbocycles. The molecule has 0 radical (unpaired) electrons. The van der Waals surface area contributed by atoms with Gasteiger partial charge in [0, 0.05) is 43.5 Å². The number of hydrogen-bond acceptors (Lipinski definition) is 4. The Labute approximate surface area is 126 Å². The van der Waals surface area contributed by atoms with Crippen molar-refractivity contribution < 1.29 is 9.84 Å². The van der Waals surface area contributed by atoms with Crippen LogP contribution in [0.5, 0.6) is 0 Å².